The van der Waals surface area contributed by atoms with Crippen LogP contribution in [0.25, 0.3) is 0 Å². The van der Waals surface area contributed by atoms with Gasteiger partial charge in [-0.1, -0.05) is 6.92 Å². The van der Waals surface area contributed by atoms with Gasteiger partial charge in [-0.2, -0.15) is 0 Å². The molecule has 1 aromatic rings. The molecule has 0 saturated carbocycles. The number of amides is 1. The molecule has 2 N–H and O–H groups in total. The van der Waals surface area contributed by atoms with E-state index >= 15 is 0 Å². The van der Waals surface area contributed by atoms with Crippen LogP contribution in [-0.4, -0.2) is 65.2 Å². The Morgan fingerprint density at radius 3 is 2.78 bits per heavy atom. The molecule has 150 valence electrons. The fourth-order valence-corrected chi connectivity index (χ4v) is 4.31. The van der Waals surface area contributed by atoms with Crippen molar-refractivity contribution in [2.45, 2.75) is 37.1 Å². The Morgan fingerprint density at radius 1 is 1.26 bits per heavy atom. The second-order valence-corrected chi connectivity index (χ2v) is 8.58. The molecule has 2 aliphatic heterocycles. The summed E-state index contributed by atoms with van der Waals surface area (Å²) in [7, 11) is -2.39. The molecule has 27 heavy (non-hydrogen) atoms. The van der Waals surface area contributed by atoms with Crippen molar-refractivity contribution in [2.75, 3.05) is 39.9 Å². The lowest BCUT2D eigenvalue weighted by Gasteiger charge is -2.23. The Morgan fingerprint density at radius 2 is 2.04 bits per heavy atom. The number of likely N-dealkylation sites (tertiary alicyclic amines) is 1. The minimum Gasteiger partial charge on any atom is -0.489 e. The lowest BCUT2D eigenvalue weighted by atomic mass is 10.1. The van der Waals surface area contributed by atoms with Crippen LogP contribution >= 0.6 is 0 Å². The van der Waals surface area contributed by atoms with E-state index in [4.69, 9.17) is 9.47 Å². The van der Waals surface area contributed by atoms with Gasteiger partial charge in [0.15, 0.2) is 11.5 Å². The molecule has 9 heteroatoms. The highest BCUT2D eigenvalue weighted by atomic mass is 32.2. The van der Waals surface area contributed by atoms with E-state index < -0.39 is 10.0 Å². The third-order valence-electron chi connectivity index (χ3n) is 5.05. The van der Waals surface area contributed by atoms with E-state index in [1.165, 1.54) is 19.2 Å². The van der Waals surface area contributed by atoms with Gasteiger partial charge in [0.1, 0.15) is 0 Å². The van der Waals surface area contributed by atoms with Gasteiger partial charge in [0.25, 0.3) is 5.91 Å². The van der Waals surface area contributed by atoms with Gasteiger partial charge in [-0.3, -0.25) is 9.69 Å². The molecular formula is C18H27N3O5S. The zero-order valence-corrected chi connectivity index (χ0v) is 16.6. The minimum absolute atomic E-state index is 0.0181. The molecule has 8 nitrogen and oxygen atoms in total. The van der Waals surface area contributed by atoms with Crippen LogP contribution in [-0.2, 0) is 10.0 Å². The normalized spacial score (nSPS) is 20.3. The number of fused-ring (bicyclic) bond motifs is 1. The summed E-state index contributed by atoms with van der Waals surface area (Å²) in [5.74, 6) is 0.233. The highest BCUT2D eigenvalue weighted by Crippen LogP contribution is 2.36. The number of benzene rings is 1. The molecule has 1 atom stereocenters. The van der Waals surface area contributed by atoms with Crippen LogP contribution in [0.5, 0.6) is 11.5 Å². The number of carbonyl (C=O) groups is 1. The van der Waals surface area contributed by atoms with Crippen molar-refractivity contribution in [3.8, 4) is 11.5 Å². The smallest absolute Gasteiger partial charge is 0.255 e. The number of carbonyl (C=O) groups excluding carboxylic acids is 1. The van der Waals surface area contributed by atoms with Gasteiger partial charge in [0.2, 0.25) is 10.0 Å². The number of ether oxygens (including phenoxy) is 2. The van der Waals surface area contributed by atoms with Crippen LogP contribution in [0.4, 0.5) is 0 Å². The molecule has 2 heterocycles. The molecule has 1 amide bonds. The van der Waals surface area contributed by atoms with E-state index in [0.29, 0.717) is 38.0 Å². The first kappa shape index (κ1) is 19.9. The first-order valence-electron chi connectivity index (χ1n) is 9.35. The fraction of sp³-hybridized carbons (Fsp3) is 0.611. The predicted octanol–water partition coefficient (Wildman–Crippen LogP) is 0.970. The quantitative estimate of drug-likeness (QED) is 0.743. The molecule has 0 radical (unpaired) electrons. The summed E-state index contributed by atoms with van der Waals surface area (Å²) in [6.45, 7) is 5.44. The van der Waals surface area contributed by atoms with E-state index in [1.54, 1.807) is 0 Å². The zero-order chi connectivity index (χ0) is 19.4. The standard InChI is InChI=1S/C18H27N3O5S/c1-3-21-7-4-6-13(21)12-20-18(22)15-10-14(27(23,24)19-2)11-16-17(15)26-9-5-8-25-16/h10-11,13,19H,3-9,12H2,1-2H3,(H,20,22). The van der Waals surface area contributed by atoms with E-state index in [2.05, 4.69) is 21.9 Å². The molecule has 1 fully saturated rings. The molecular weight excluding hydrogens is 370 g/mol. The van der Waals surface area contributed by atoms with Crippen LogP contribution in [0.2, 0.25) is 0 Å². The number of rotatable bonds is 6. The first-order chi connectivity index (χ1) is 13.0. The highest BCUT2D eigenvalue weighted by molar-refractivity contribution is 7.89. The lowest BCUT2D eigenvalue weighted by molar-refractivity contribution is 0.0937. The molecule has 0 aromatic heterocycles. The predicted molar refractivity (Wildman–Crippen MR) is 101 cm³/mol. The number of nitrogens with one attached hydrogen (secondary N) is 2. The Balaban J connectivity index is 1.88. The van der Waals surface area contributed by atoms with Gasteiger partial charge in [-0.05, 0) is 39.0 Å². The highest BCUT2D eigenvalue weighted by Gasteiger charge is 2.27. The summed E-state index contributed by atoms with van der Waals surface area (Å²) < 4.78 is 38.1. The van der Waals surface area contributed by atoms with Crippen molar-refractivity contribution in [1.29, 1.82) is 0 Å². The molecule has 1 saturated heterocycles. The van der Waals surface area contributed by atoms with Crippen LogP contribution in [0, 0.1) is 0 Å². The van der Waals surface area contributed by atoms with Crippen molar-refractivity contribution >= 4 is 15.9 Å². The monoisotopic (exact) mass is 397 g/mol. The van der Waals surface area contributed by atoms with Crippen LogP contribution in [0.3, 0.4) is 0 Å². The molecule has 3 rings (SSSR count). The maximum Gasteiger partial charge on any atom is 0.255 e. The van der Waals surface area contributed by atoms with Gasteiger partial charge in [-0.25, -0.2) is 13.1 Å². The van der Waals surface area contributed by atoms with Gasteiger partial charge in [0.05, 0.1) is 23.7 Å². The second-order valence-electron chi connectivity index (χ2n) is 6.69. The van der Waals surface area contributed by atoms with Crippen molar-refractivity contribution in [1.82, 2.24) is 14.9 Å². The van der Waals surface area contributed by atoms with Gasteiger partial charge in [0, 0.05) is 25.1 Å². The van der Waals surface area contributed by atoms with E-state index in [0.717, 1.165) is 25.9 Å². The summed E-state index contributed by atoms with van der Waals surface area (Å²) in [4.78, 5) is 15.2. The summed E-state index contributed by atoms with van der Waals surface area (Å²) in [5.41, 5.74) is 0.185. The van der Waals surface area contributed by atoms with Crippen molar-refractivity contribution in [2.24, 2.45) is 0 Å². The summed E-state index contributed by atoms with van der Waals surface area (Å²) in [6, 6.07) is 3.05. The average Bonchev–Trinajstić information content (AvgIpc) is 3.00. The zero-order valence-electron chi connectivity index (χ0n) is 15.8. The summed E-state index contributed by atoms with van der Waals surface area (Å²) >= 11 is 0. The summed E-state index contributed by atoms with van der Waals surface area (Å²) in [6.07, 6.45) is 2.83. The number of hydrogen-bond donors (Lipinski definition) is 2. The first-order valence-corrected chi connectivity index (χ1v) is 10.8. The third kappa shape index (κ3) is 4.36. The number of sulfonamides is 1. The number of hydrogen-bond acceptors (Lipinski definition) is 6. The van der Waals surface area contributed by atoms with Crippen LogP contribution in [0.1, 0.15) is 36.5 Å². The Labute approximate surface area is 160 Å². The van der Waals surface area contributed by atoms with Crippen LogP contribution in [0.15, 0.2) is 17.0 Å². The molecule has 1 aromatic carbocycles. The third-order valence-corrected chi connectivity index (χ3v) is 6.44. The molecule has 2 aliphatic rings. The number of likely N-dealkylation sites (N-methyl/N-ethyl adjacent to an activating group) is 1. The van der Waals surface area contributed by atoms with E-state index in [-0.39, 0.29) is 22.1 Å². The summed E-state index contributed by atoms with van der Waals surface area (Å²) in [5, 5.41) is 2.94. The van der Waals surface area contributed by atoms with Gasteiger partial charge < -0.3 is 14.8 Å². The lowest BCUT2D eigenvalue weighted by Crippen LogP contribution is -2.40. The Bertz CT molecular complexity index is 796. The van der Waals surface area contributed by atoms with Gasteiger partial charge in [-0.15, -0.1) is 0 Å². The molecule has 0 aliphatic carbocycles. The molecule has 0 spiro atoms. The van der Waals surface area contributed by atoms with Crippen LogP contribution < -0.4 is 19.5 Å². The van der Waals surface area contributed by atoms with E-state index in [1.807, 2.05) is 0 Å². The average molecular weight is 397 g/mol. The Hall–Kier alpha value is -1.84. The molecule has 0 bridgehead atoms. The SMILES string of the molecule is CCN1CCCC1CNC(=O)c1cc(S(=O)(=O)NC)cc2c1OCCCO2. The second kappa shape index (κ2) is 8.45. The topological polar surface area (TPSA) is 97.0 Å². The fourth-order valence-electron chi connectivity index (χ4n) is 3.54. The maximum atomic E-state index is 12.9. The maximum absolute atomic E-state index is 12.9. The Kier molecular flexibility index (Phi) is 6.23. The number of nitrogens with zero attached hydrogens (tertiary/aromatic N) is 1. The van der Waals surface area contributed by atoms with E-state index in [9.17, 15) is 13.2 Å². The molecule has 1 unspecified atom stereocenters. The van der Waals surface area contributed by atoms with Crippen molar-refractivity contribution in [3.05, 3.63) is 17.7 Å². The minimum atomic E-state index is -3.72. The van der Waals surface area contributed by atoms with Gasteiger partial charge >= 0.3 is 0 Å². The van der Waals surface area contributed by atoms with Crippen molar-refractivity contribution in [3.63, 3.8) is 0 Å². The van der Waals surface area contributed by atoms with Crippen molar-refractivity contribution < 1.29 is 22.7 Å². The largest absolute Gasteiger partial charge is 0.489 e.